The van der Waals surface area contributed by atoms with Gasteiger partial charge < -0.3 is 10.1 Å². The highest BCUT2D eigenvalue weighted by Crippen LogP contribution is 2.29. The standard InChI is InChI=1S/C16H27N3O/c1-5-20-14(11(2)3)16-18-13-10-8-6-7-9-12(13)15(17-4)19-16/h11,14H,5-10H2,1-4H3,(H,17,18,19). The molecule has 1 aliphatic carbocycles. The molecule has 0 aromatic carbocycles. The minimum atomic E-state index is -0.0133. The Morgan fingerprint density at radius 1 is 1.15 bits per heavy atom. The molecule has 20 heavy (non-hydrogen) atoms. The molecular formula is C16H27N3O. The number of hydrogen-bond acceptors (Lipinski definition) is 4. The zero-order chi connectivity index (χ0) is 14.5. The van der Waals surface area contributed by atoms with E-state index in [-0.39, 0.29) is 6.10 Å². The van der Waals surface area contributed by atoms with E-state index < -0.39 is 0 Å². The summed E-state index contributed by atoms with van der Waals surface area (Å²) in [6.45, 7) is 7.04. The molecule has 1 atom stereocenters. The van der Waals surface area contributed by atoms with Crippen LogP contribution in [-0.2, 0) is 17.6 Å². The molecule has 1 aromatic rings. The van der Waals surface area contributed by atoms with E-state index >= 15 is 0 Å². The summed E-state index contributed by atoms with van der Waals surface area (Å²) in [5, 5.41) is 3.25. The monoisotopic (exact) mass is 277 g/mol. The third kappa shape index (κ3) is 3.29. The molecule has 1 aliphatic rings. The Hall–Kier alpha value is -1.16. The van der Waals surface area contributed by atoms with Gasteiger partial charge >= 0.3 is 0 Å². The number of rotatable bonds is 5. The first kappa shape index (κ1) is 15.2. The van der Waals surface area contributed by atoms with Gasteiger partial charge in [0.25, 0.3) is 0 Å². The van der Waals surface area contributed by atoms with Gasteiger partial charge in [0, 0.05) is 24.9 Å². The maximum Gasteiger partial charge on any atom is 0.160 e. The topological polar surface area (TPSA) is 47.0 Å². The Bertz CT molecular complexity index is 446. The van der Waals surface area contributed by atoms with Crippen molar-refractivity contribution in [2.45, 2.75) is 59.0 Å². The van der Waals surface area contributed by atoms with E-state index in [4.69, 9.17) is 14.7 Å². The maximum atomic E-state index is 5.86. The first-order chi connectivity index (χ1) is 9.67. The summed E-state index contributed by atoms with van der Waals surface area (Å²) < 4.78 is 5.86. The molecule has 1 heterocycles. The Kier molecular flexibility index (Phi) is 5.35. The number of aryl methyl sites for hydroxylation is 1. The summed E-state index contributed by atoms with van der Waals surface area (Å²) in [5.41, 5.74) is 2.54. The molecule has 1 N–H and O–H groups in total. The van der Waals surface area contributed by atoms with Crippen LogP contribution in [0.1, 0.15) is 63.2 Å². The van der Waals surface area contributed by atoms with Crippen LogP contribution in [0.3, 0.4) is 0 Å². The van der Waals surface area contributed by atoms with Crippen molar-refractivity contribution in [2.24, 2.45) is 5.92 Å². The molecule has 0 saturated heterocycles. The van der Waals surface area contributed by atoms with Crippen LogP contribution in [0.15, 0.2) is 0 Å². The predicted molar refractivity (Wildman–Crippen MR) is 82.0 cm³/mol. The highest BCUT2D eigenvalue weighted by Gasteiger charge is 2.23. The lowest BCUT2D eigenvalue weighted by molar-refractivity contribution is 0.0231. The van der Waals surface area contributed by atoms with Crippen LogP contribution >= 0.6 is 0 Å². The van der Waals surface area contributed by atoms with Gasteiger partial charge in [-0.3, -0.25) is 0 Å². The molecule has 0 saturated carbocycles. The van der Waals surface area contributed by atoms with Crippen molar-refractivity contribution in [3.8, 4) is 0 Å². The van der Waals surface area contributed by atoms with Gasteiger partial charge in [0.1, 0.15) is 11.9 Å². The van der Waals surface area contributed by atoms with Crippen LogP contribution < -0.4 is 5.32 Å². The summed E-state index contributed by atoms with van der Waals surface area (Å²) in [5.74, 6) is 2.22. The smallest absolute Gasteiger partial charge is 0.160 e. The quantitative estimate of drug-likeness (QED) is 0.837. The highest BCUT2D eigenvalue weighted by atomic mass is 16.5. The Labute approximate surface area is 122 Å². The fraction of sp³-hybridized carbons (Fsp3) is 0.750. The van der Waals surface area contributed by atoms with Gasteiger partial charge in [-0.15, -0.1) is 0 Å². The largest absolute Gasteiger partial charge is 0.373 e. The molecule has 1 aromatic heterocycles. The molecule has 0 amide bonds. The van der Waals surface area contributed by atoms with Crippen LogP contribution in [0, 0.1) is 5.92 Å². The molecule has 1 unspecified atom stereocenters. The van der Waals surface area contributed by atoms with Gasteiger partial charge in [-0.25, -0.2) is 9.97 Å². The number of ether oxygens (including phenoxy) is 1. The first-order valence-electron chi connectivity index (χ1n) is 7.86. The van der Waals surface area contributed by atoms with Crippen molar-refractivity contribution < 1.29 is 4.74 Å². The van der Waals surface area contributed by atoms with Gasteiger partial charge in [-0.05, 0) is 38.5 Å². The lowest BCUT2D eigenvalue weighted by Gasteiger charge is -2.22. The van der Waals surface area contributed by atoms with E-state index in [0.29, 0.717) is 12.5 Å². The lowest BCUT2D eigenvalue weighted by atomic mass is 10.0. The second-order valence-corrected chi connectivity index (χ2v) is 5.79. The minimum Gasteiger partial charge on any atom is -0.373 e. The molecule has 0 fully saturated rings. The predicted octanol–water partition coefficient (Wildman–Crippen LogP) is 3.52. The average Bonchev–Trinajstić information content (AvgIpc) is 2.68. The Balaban J connectivity index is 2.41. The van der Waals surface area contributed by atoms with Crippen molar-refractivity contribution >= 4 is 5.82 Å². The Morgan fingerprint density at radius 2 is 1.90 bits per heavy atom. The molecule has 4 heteroatoms. The van der Waals surface area contributed by atoms with Gasteiger partial charge in [0.2, 0.25) is 0 Å². The number of anilines is 1. The van der Waals surface area contributed by atoms with Gasteiger partial charge in [-0.1, -0.05) is 20.3 Å². The van der Waals surface area contributed by atoms with E-state index in [9.17, 15) is 0 Å². The summed E-state index contributed by atoms with van der Waals surface area (Å²) in [7, 11) is 1.95. The number of nitrogens with zero attached hydrogens (tertiary/aromatic N) is 2. The van der Waals surface area contributed by atoms with E-state index in [1.54, 1.807) is 0 Å². The van der Waals surface area contributed by atoms with Crippen LogP contribution in [0.2, 0.25) is 0 Å². The summed E-state index contributed by atoms with van der Waals surface area (Å²) >= 11 is 0. The summed E-state index contributed by atoms with van der Waals surface area (Å²) in [4.78, 5) is 9.59. The van der Waals surface area contributed by atoms with Crippen molar-refractivity contribution in [2.75, 3.05) is 19.0 Å². The van der Waals surface area contributed by atoms with Gasteiger partial charge in [0.05, 0.1) is 0 Å². The average molecular weight is 277 g/mol. The third-order valence-electron chi connectivity index (χ3n) is 3.89. The number of aromatic nitrogens is 2. The molecule has 0 aliphatic heterocycles. The SMILES string of the molecule is CCOC(c1nc2c(c(NC)n1)CCCCC2)C(C)C. The molecule has 4 nitrogen and oxygen atoms in total. The first-order valence-corrected chi connectivity index (χ1v) is 7.86. The second-order valence-electron chi connectivity index (χ2n) is 5.79. The molecule has 2 rings (SSSR count). The van der Waals surface area contributed by atoms with Crippen LogP contribution in [0.5, 0.6) is 0 Å². The van der Waals surface area contributed by atoms with Gasteiger partial charge in [0.15, 0.2) is 5.82 Å². The van der Waals surface area contributed by atoms with Crippen molar-refractivity contribution in [1.29, 1.82) is 0 Å². The van der Waals surface area contributed by atoms with E-state index in [1.807, 2.05) is 14.0 Å². The molecule has 0 bridgehead atoms. The number of fused-ring (bicyclic) bond motifs is 1. The minimum absolute atomic E-state index is 0.0133. The zero-order valence-corrected chi connectivity index (χ0v) is 13.2. The molecule has 0 radical (unpaired) electrons. The maximum absolute atomic E-state index is 5.86. The van der Waals surface area contributed by atoms with Crippen LogP contribution in [0.4, 0.5) is 5.82 Å². The molecule has 112 valence electrons. The molecule has 0 spiro atoms. The van der Waals surface area contributed by atoms with E-state index in [1.165, 1.54) is 30.5 Å². The second kappa shape index (κ2) is 7.02. The van der Waals surface area contributed by atoms with E-state index in [0.717, 1.165) is 24.5 Å². The summed E-state index contributed by atoms with van der Waals surface area (Å²) in [6, 6.07) is 0. The Morgan fingerprint density at radius 3 is 2.55 bits per heavy atom. The van der Waals surface area contributed by atoms with Crippen molar-refractivity contribution in [3.63, 3.8) is 0 Å². The van der Waals surface area contributed by atoms with Crippen molar-refractivity contribution in [3.05, 3.63) is 17.1 Å². The highest BCUT2D eigenvalue weighted by molar-refractivity contribution is 5.47. The normalized spacial score (nSPS) is 16.6. The molecular weight excluding hydrogens is 250 g/mol. The fourth-order valence-electron chi connectivity index (χ4n) is 2.87. The van der Waals surface area contributed by atoms with E-state index in [2.05, 4.69) is 19.2 Å². The number of hydrogen-bond donors (Lipinski definition) is 1. The van der Waals surface area contributed by atoms with Gasteiger partial charge in [-0.2, -0.15) is 0 Å². The van der Waals surface area contributed by atoms with Crippen molar-refractivity contribution in [1.82, 2.24) is 9.97 Å². The zero-order valence-electron chi connectivity index (χ0n) is 13.2. The fourth-order valence-corrected chi connectivity index (χ4v) is 2.87. The third-order valence-corrected chi connectivity index (χ3v) is 3.89. The summed E-state index contributed by atoms with van der Waals surface area (Å²) in [6.07, 6.45) is 5.90. The number of nitrogens with one attached hydrogen (secondary N) is 1. The lowest BCUT2D eigenvalue weighted by Crippen LogP contribution is -2.18. The van der Waals surface area contributed by atoms with Crippen LogP contribution in [-0.4, -0.2) is 23.6 Å². The van der Waals surface area contributed by atoms with Crippen LogP contribution in [0.25, 0.3) is 0 Å².